The number of nitrogens with zero attached hydrogens (tertiary/aromatic N) is 5. The maximum absolute atomic E-state index is 10.6. The molecule has 0 N–H and O–H groups in total. The van der Waals surface area contributed by atoms with Gasteiger partial charge in [-0.25, -0.2) is 15.0 Å². The van der Waals surface area contributed by atoms with Crippen LogP contribution in [0, 0.1) is 40.4 Å². The van der Waals surface area contributed by atoms with E-state index in [-0.39, 0.29) is 5.41 Å². The fourth-order valence-corrected chi connectivity index (χ4v) is 10.9. The summed E-state index contributed by atoms with van der Waals surface area (Å²) in [6.45, 7) is 0. The second-order valence-corrected chi connectivity index (χ2v) is 13.8. The molecular formula is C40H27N5. The fourth-order valence-electron chi connectivity index (χ4n) is 10.9. The predicted octanol–water partition coefficient (Wildman–Crippen LogP) is 8.23. The van der Waals surface area contributed by atoms with Crippen molar-refractivity contribution in [1.82, 2.24) is 19.9 Å². The molecule has 4 fully saturated rings. The fraction of sp³-hybridized carbons (Fsp3) is 0.225. The number of nitriles is 1. The molecule has 6 aromatic rings. The Bertz CT molecular complexity index is 2290. The van der Waals surface area contributed by atoms with Gasteiger partial charge in [-0.05, 0) is 94.0 Å². The molecule has 0 saturated heterocycles. The van der Waals surface area contributed by atoms with Crippen LogP contribution in [0.5, 0.6) is 0 Å². The van der Waals surface area contributed by atoms with E-state index >= 15 is 0 Å². The Kier molecular flexibility index (Phi) is 4.34. The van der Waals surface area contributed by atoms with E-state index in [1.54, 1.807) is 0 Å². The largest absolute Gasteiger partial charge is 0.264 e. The standard InChI is InChI=1S/C40H27N5/c41-20-25-15-24(16-31-35(25)30-13-14-42-21-32(30)40(31)33-18-26-17-27-19-34(40)39(26,27)33)37-43-36(23-8-2-1-3-9-23)44-38(45-37)29-12-6-10-22-7-4-5-11-28(22)29/h1-16,21,26-27,33-34H,17-19H2. The van der Waals surface area contributed by atoms with E-state index < -0.39 is 0 Å². The van der Waals surface area contributed by atoms with Crippen LogP contribution in [-0.4, -0.2) is 19.9 Å². The van der Waals surface area contributed by atoms with Crippen molar-refractivity contribution >= 4 is 10.8 Å². The third-order valence-electron chi connectivity index (χ3n) is 12.5. The van der Waals surface area contributed by atoms with Crippen molar-refractivity contribution in [3.63, 3.8) is 0 Å². The molecule has 5 aliphatic rings. The summed E-state index contributed by atoms with van der Waals surface area (Å²) >= 11 is 0. The normalized spacial score (nSPS) is 28.8. The molecule has 0 amide bonds. The molecule has 2 spiro atoms. The minimum absolute atomic E-state index is 0.0539. The van der Waals surface area contributed by atoms with E-state index in [9.17, 15) is 5.26 Å². The Morgan fingerprint density at radius 1 is 0.667 bits per heavy atom. The summed E-state index contributed by atoms with van der Waals surface area (Å²) in [5, 5.41) is 12.9. The molecule has 5 aliphatic carbocycles. The first-order chi connectivity index (χ1) is 22.2. The first kappa shape index (κ1) is 24.2. The van der Waals surface area contributed by atoms with Crippen LogP contribution in [-0.2, 0) is 5.41 Å². The zero-order chi connectivity index (χ0) is 29.5. The number of fused-ring (bicyclic) bond motifs is 8. The summed E-state index contributed by atoms with van der Waals surface area (Å²) in [6, 6.07) is 33.8. The zero-order valence-electron chi connectivity index (χ0n) is 24.5. The molecule has 212 valence electrons. The number of hydrogen-bond donors (Lipinski definition) is 0. The van der Waals surface area contributed by atoms with E-state index in [1.165, 1.54) is 36.0 Å². The van der Waals surface area contributed by atoms with Crippen LogP contribution in [0.3, 0.4) is 0 Å². The summed E-state index contributed by atoms with van der Waals surface area (Å²) in [4.78, 5) is 19.9. The molecule has 5 nitrogen and oxygen atoms in total. The van der Waals surface area contributed by atoms with Gasteiger partial charge in [0.05, 0.1) is 11.6 Å². The highest BCUT2D eigenvalue weighted by Gasteiger charge is 2.90. The Labute approximate surface area is 260 Å². The number of benzene rings is 4. The lowest BCUT2D eigenvalue weighted by molar-refractivity contribution is -0.412. The summed E-state index contributed by atoms with van der Waals surface area (Å²) in [5.41, 5.74) is 8.92. The molecule has 45 heavy (non-hydrogen) atoms. The van der Waals surface area contributed by atoms with Gasteiger partial charge in [-0.1, -0.05) is 72.8 Å². The Balaban J connectivity index is 1.16. The average Bonchev–Trinajstić information content (AvgIpc) is 3.37. The number of pyridine rings is 1. The van der Waals surface area contributed by atoms with Gasteiger partial charge < -0.3 is 0 Å². The van der Waals surface area contributed by atoms with Crippen LogP contribution in [0.15, 0.2) is 103 Å². The lowest BCUT2D eigenvalue weighted by Gasteiger charge is -2.92. The average molecular weight is 578 g/mol. The van der Waals surface area contributed by atoms with E-state index in [4.69, 9.17) is 15.0 Å². The molecule has 4 saturated carbocycles. The molecule has 4 atom stereocenters. The van der Waals surface area contributed by atoms with Gasteiger partial charge in [0.2, 0.25) is 0 Å². The Morgan fingerprint density at radius 3 is 2.20 bits per heavy atom. The lowest BCUT2D eigenvalue weighted by atomic mass is 9.11. The predicted molar refractivity (Wildman–Crippen MR) is 173 cm³/mol. The maximum Gasteiger partial charge on any atom is 0.164 e. The molecule has 0 aliphatic heterocycles. The van der Waals surface area contributed by atoms with Crippen LogP contribution in [0.2, 0.25) is 0 Å². The molecule has 4 unspecified atom stereocenters. The van der Waals surface area contributed by atoms with Gasteiger partial charge in [0, 0.05) is 40.1 Å². The molecule has 5 heteroatoms. The molecule has 2 heterocycles. The van der Waals surface area contributed by atoms with Crippen LogP contribution in [0.1, 0.15) is 36.0 Å². The third kappa shape index (κ3) is 2.65. The summed E-state index contributed by atoms with van der Waals surface area (Å²) in [5.74, 6) is 4.96. The second kappa shape index (κ2) is 8.08. The van der Waals surface area contributed by atoms with Crippen molar-refractivity contribution in [2.24, 2.45) is 29.1 Å². The van der Waals surface area contributed by atoms with Crippen LogP contribution in [0.25, 0.3) is 56.1 Å². The van der Waals surface area contributed by atoms with Gasteiger partial charge in [-0.3, -0.25) is 4.98 Å². The summed E-state index contributed by atoms with van der Waals surface area (Å²) < 4.78 is 0. The molecule has 0 radical (unpaired) electrons. The third-order valence-corrected chi connectivity index (χ3v) is 12.5. The molecule has 0 bridgehead atoms. The van der Waals surface area contributed by atoms with Gasteiger partial charge in [0.25, 0.3) is 0 Å². The van der Waals surface area contributed by atoms with Crippen LogP contribution in [0.4, 0.5) is 0 Å². The smallest absolute Gasteiger partial charge is 0.164 e. The highest BCUT2D eigenvalue weighted by Crippen LogP contribution is 2.94. The highest BCUT2D eigenvalue weighted by molar-refractivity contribution is 5.95. The maximum atomic E-state index is 10.6. The van der Waals surface area contributed by atoms with Crippen molar-refractivity contribution in [3.05, 3.63) is 120 Å². The van der Waals surface area contributed by atoms with Crippen molar-refractivity contribution in [2.75, 3.05) is 0 Å². The SMILES string of the molecule is N#Cc1cc(-c2nc(-c3ccccc3)nc(-c3cccc4ccccc34)n2)cc2c1-c1ccncc1C21C2CC3CC4CC1C342. The lowest BCUT2D eigenvalue weighted by Crippen LogP contribution is -2.88. The van der Waals surface area contributed by atoms with Gasteiger partial charge in [0.1, 0.15) is 0 Å². The van der Waals surface area contributed by atoms with E-state index in [0.29, 0.717) is 40.3 Å². The van der Waals surface area contributed by atoms with Crippen molar-refractivity contribution in [2.45, 2.75) is 24.7 Å². The van der Waals surface area contributed by atoms with Crippen molar-refractivity contribution < 1.29 is 0 Å². The van der Waals surface area contributed by atoms with Gasteiger partial charge in [-0.2, -0.15) is 5.26 Å². The second-order valence-electron chi connectivity index (χ2n) is 13.8. The van der Waals surface area contributed by atoms with Crippen molar-refractivity contribution in [1.29, 1.82) is 5.26 Å². The minimum Gasteiger partial charge on any atom is -0.264 e. The Hall–Kier alpha value is -5.21. The quantitative estimate of drug-likeness (QED) is 0.212. The van der Waals surface area contributed by atoms with Gasteiger partial charge in [0.15, 0.2) is 17.5 Å². The molecule has 11 rings (SSSR count). The highest BCUT2D eigenvalue weighted by atomic mass is 15.0. The van der Waals surface area contributed by atoms with Crippen molar-refractivity contribution in [3.8, 4) is 51.4 Å². The van der Waals surface area contributed by atoms with E-state index in [2.05, 4.69) is 71.8 Å². The zero-order valence-corrected chi connectivity index (χ0v) is 24.5. The topological polar surface area (TPSA) is 75.3 Å². The first-order valence-corrected chi connectivity index (χ1v) is 16.1. The first-order valence-electron chi connectivity index (χ1n) is 16.1. The minimum atomic E-state index is -0.0539. The number of aromatic nitrogens is 4. The van der Waals surface area contributed by atoms with Crippen LogP contribution < -0.4 is 0 Å². The molecule has 2 aromatic heterocycles. The van der Waals surface area contributed by atoms with Gasteiger partial charge >= 0.3 is 0 Å². The molecular weight excluding hydrogens is 550 g/mol. The van der Waals surface area contributed by atoms with E-state index in [0.717, 1.165) is 44.9 Å². The van der Waals surface area contributed by atoms with E-state index in [1.807, 2.05) is 42.6 Å². The van der Waals surface area contributed by atoms with Gasteiger partial charge in [-0.15, -0.1) is 0 Å². The summed E-state index contributed by atoms with van der Waals surface area (Å²) in [7, 11) is 0. The van der Waals surface area contributed by atoms with Crippen LogP contribution >= 0.6 is 0 Å². The Morgan fingerprint density at radius 2 is 1.40 bits per heavy atom. The number of rotatable bonds is 3. The molecule has 4 aromatic carbocycles. The monoisotopic (exact) mass is 577 g/mol. The number of hydrogen-bond acceptors (Lipinski definition) is 5. The summed E-state index contributed by atoms with van der Waals surface area (Å²) in [6.07, 6.45) is 8.00.